The van der Waals surface area contributed by atoms with Crippen LogP contribution in [0.25, 0.3) is 0 Å². The number of nitrogens with two attached hydrogens (primary N) is 1. The predicted molar refractivity (Wildman–Crippen MR) is 59.2 cm³/mol. The Morgan fingerprint density at radius 2 is 2.20 bits per heavy atom. The molecule has 1 heterocycles. The first-order valence-corrected chi connectivity index (χ1v) is 6.89. The Bertz CT molecular complexity index is 423. The van der Waals surface area contributed by atoms with Gasteiger partial charge in [-0.25, -0.2) is 8.42 Å². The molecule has 0 saturated carbocycles. The van der Waals surface area contributed by atoms with E-state index in [2.05, 4.69) is 5.10 Å². The van der Waals surface area contributed by atoms with E-state index in [0.29, 0.717) is 19.5 Å². The maximum absolute atomic E-state index is 10.9. The Hall–Kier alpha value is -0.880. The molecule has 1 aromatic heterocycles. The van der Waals surface area contributed by atoms with E-state index >= 15 is 0 Å². The van der Waals surface area contributed by atoms with Gasteiger partial charge < -0.3 is 5.73 Å². The van der Waals surface area contributed by atoms with E-state index in [9.17, 15) is 8.42 Å². The summed E-state index contributed by atoms with van der Waals surface area (Å²) < 4.78 is 23.6. The first-order valence-electron chi connectivity index (χ1n) is 4.83. The first kappa shape index (κ1) is 12.2. The van der Waals surface area contributed by atoms with Crippen molar-refractivity contribution < 1.29 is 8.42 Å². The second-order valence-corrected chi connectivity index (χ2v) is 5.95. The van der Waals surface area contributed by atoms with E-state index in [1.165, 1.54) is 6.26 Å². The second-order valence-electron chi connectivity index (χ2n) is 3.69. The summed E-state index contributed by atoms with van der Waals surface area (Å²) in [5.41, 5.74) is 7.44. The molecule has 0 aliphatic heterocycles. The van der Waals surface area contributed by atoms with Gasteiger partial charge in [0, 0.05) is 31.1 Å². The van der Waals surface area contributed by atoms with Crippen molar-refractivity contribution in [3.8, 4) is 0 Å². The van der Waals surface area contributed by atoms with Gasteiger partial charge in [-0.1, -0.05) is 0 Å². The van der Waals surface area contributed by atoms with Crippen molar-refractivity contribution >= 4 is 9.84 Å². The van der Waals surface area contributed by atoms with Crippen LogP contribution in [-0.4, -0.2) is 30.2 Å². The third-order valence-electron chi connectivity index (χ3n) is 2.17. The Labute approximate surface area is 90.2 Å². The standard InChI is InChI=1S/C9H17N3O2S/c1-8-9(6-10)7-12(11-8)4-3-5-15(2,13)14/h7H,3-6,10H2,1-2H3. The van der Waals surface area contributed by atoms with Crippen molar-refractivity contribution in [2.45, 2.75) is 26.4 Å². The Morgan fingerprint density at radius 3 is 2.67 bits per heavy atom. The summed E-state index contributed by atoms with van der Waals surface area (Å²) in [5.74, 6) is 0.198. The lowest BCUT2D eigenvalue weighted by Gasteiger charge is -1.99. The minimum atomic E-state index is -2.87. The van der Waals surface area contributed by atoms with Crippen LogP contribution in [0.3, 0.4) is 0 Å². The Morgan fingerprint density at radius 1 is 1.53 bits per heavy atom. The summed E-state index contributed by atoms with van der Waals surface area (Å²) in [6, 6.07) is 0. The molecule has 0 atom stereocenters. The fraction of sp³-hybridized carbons (Fsp3) is 0.667. The average molecular weight is 231 g/mol. The molecule has 0 spiro atoms. The third kappa shape index (κ3) is 4.01. The average Bonchev–Trinajstić information content (AvgIpc) is 2.44. The summed E-state index contributed by atoms with van der Waals surface area (Å²) in [6.07, 6.45) is 3.70. The number of hydrogen-bond donors (Lipinski definition) is 1. The van der Waals surface area contributed by atoms with E-state index in [4.69, 9.17) is 5.73 Å². The molecule has 0 aliphatic carbocycles. The van der Waals surface area contributed by atoms with Gasteiger partial charge in [0.15, 0.2) is 0 Å². The van der Waals surface area contributed by atoms with Gasteiger partial charge in [0.25, 0.3) is 0 Å². The van der Waals surface area contributed by atoms with Gasteiger partial charge in [-0.2, -0.15) is 5.10 Å². The zero-order chi connectivity index (χ0) is 11.5. The number of hydrogen-bond acceptors (Lipinski definition) is 4. The molecule has 0 amide bonds. The summed E-state index contributed by atoms with van der Waals surface area (Å²) in [5, 5.41) is 4.24. The number of sulfone groups is 1. The van der Waals surface area contributed by atoms with E-state index in [0.717, 1.165) is 11.3 Å². The lowest BCUT2D eigenvalue weighted by Crippen LogP contribution is -2.07. The van der Waals surface area contributed by atoms with Crippen LogP contribution in [-0.2, 0) is 22.9 Å². The molecule has 15 heavy (non-hydrogen) atoms. The lowest BCUT2D eigenvalue weighted by atomic mass is 10.3. The van der Waals surface area contributed by atoms with Gasteiger partial charge in [0.1, 0.15) is 9.84 Å². The van der Waals surface area contributed by atoms with Crippen molar-refractivity contribution in [3.05, 3.63) is 17.5 Å². The third-order valence-corrected chi connectivity index (χ3v) is 3.20. The highest BCUT2D eigenvalue weighted by Crippen LogP contribution is 2.05. The fourth-order valence-electron chi connectivity index (χ4n) is 1.36. The van der Waals surface area contributed by atoms with Crippen LogP contribution in [0.15, 0.2) is 6.20 Å². The SMILES string of the molecule is Cc1nn(CCCS(C)(=O)=O)cc1CN. The summed E-state index contributed by atoms with van der Waals surface area (Å²) in [4.78, 5) is 0. The molecular weight excluding hydrogens is 214 g/mol. The van der Waals surface area contributed by atoms with Crippen LogP contribution in [0.2, 0.25) is 0 Å². The van der Waals surface area contributed by atoms with E-state index in [1.54, 1.807) is 4.68 Å². The molecule has 86 valence electrons. The maximum Gasteiger partial charge on any atom is 0.147 e. The van der Waals surface area contributed by atoms with Crippen molar-refractivity contribution in [3.63, 3.8) is 0 Å². The number of nitrogens with zero attached hydrogens (tertiary/aromatic N) is 2. The number of rotatable bonds is 5. The Kier molecular flexibility index (Phi) is 3.87. The largest absolute Gasteiger partial charge is 0.326 e. The number of aryl methyl sites for hydroxylation is 2. The van der Waals surface area contributed by atoms with Crippen LogP contribution < -0.4 is 5.73 Å². The van der Waals surface area contributed by atoms with Crippen molar-refractivity contribution in [2.24, 2.45) is 5.73 Å². The van der Waals surface area contributed by atoms with Crippen LogP contribution in [0.4, 0.5) is 0 Å². The van der Waals surface area contributed by atoms with Gasteiger partial charge >= 0.3 is 0 Å². The summed E-state index contributed by atoms with van der Waals surface area (Å²) in [7, 11) is -2.87. The van der Waals surface area contributed by atoms with E-state index in [-0.39, 0.29) is 5.75 Å². The first-order chi connectivity index (χ1) is 6.92. The molecule has 0 radical (unpaired) electrons. The molecule has 2 N–H and O–H groups in total. The lowest BCUT2D eigenvalue weighted by molar-refractivity contribution is 0.574. The van der Waals surface area contributed by atoms with Gasteiger partial charge in [0.05, 0.1) is 11.4 Å². The molecule has 1 aromatic rings. The van der Waals surface area contributed by atoms with Crippen LogP contribution in [0.1, 0.15) is 17.7 Å². The smallest absolute Gasteiger partial charge is 0.147 e. The molecule has 0 fully saturated rings. The van der Waals surface area contributed by atoms with Crippen LogP contribution >= 0.6 is 0 Å². The van der Waals surface area contributed by atoms with Crippen molar-refractivity contribution in [1.29, 1.82) is 0 Å². The second kappa shape index (κ2) is 4.76. The molecule has 5 nitrogen and oxygen atoms in total. The van der Waals surface area contributed by atoms with Gasteiger partial charge in [-0.15, -0.1) is 0 Å². The summed E-state index contributed by atoms with van der Waals surface area (Å²) in [6.45, 7) is 2.99. The normalized spacial score (nSPS) is 11.9. The Balaban J connectivity index is 2.51. The van der Waals surface area contributed by atoms with Crippen LogP contribution in [0.5, 0.6) is 0 Å². The molecule has 6 heteroatoms. The predicted octanol–water partition coefficient (Wildman–Crippen LogP) is 0.0849. The van der Waals surface area contributed by atoms with Crippen molar-refractivity contribution in [1.82, 2.24) is 9.78 Å². The van der Waals surface area contributed by atoms with Gasteiger partial charge in [-0.05, 0) is 13.3 Å². The molecule has 0 bridgehead atoms. The zero-order valence-corrected chi connectivity index (χ0v) is 9.92. The van der Waals surface area contributed by atoms with Gasteiger partial charge in [-0.3, -0.25) is 4.68 Å². The van der Waals surface area contributed by atoms with Crippen LogP contribution in [0, 0.1) is 6.92 Å². The maximum atomic E-state index is 10.9. The minimum Gasteiger partial charge on any atom is -0.326 e. The summed E-state index contributed by atoms with van der Waals surface area (Å²) >= 11 is 0. The fourth-order valence-corrected chi connectivity index (χ4v) is 2.02. The zero-order valence-electron chi connectivity index (χ0n) is 9.10. The van der Waals surface area contributed by atoms with E-state index < -0.39 is 9.84 Å². The minimum absolute atomic E-state index is 0.198. The topological polar surface area (TPSA) is 78.0 Å². The number of aromatic nitrogens is 2. The molecular formula is C9H17N3O2S. The molecule has 0 aromatic carbocycles. The highest BCUT2D eigenvalue weighted by Gasteiger charge is 2.05. The highest BCUT2D eigenvalue weighted by atomic mass is 32.2. The van der Waals surface area contributed by atoms with Gasteiger partial charge in [0.2, 0.25) is 0 Å². The molecule has 0 saturated heterocycles. The highest BCUT2D eigenvalue weighted by molar-refractivity contribution is 7.90. The molecule has 1 rings (SSSR count). The van der Waals surface area contributed by atoms with E-state index in [1.807, 2.05) is 13.1 Å². The molecule has 0 unspecified atom stereocenters. The quantitative estimate of drug-likeness (QED) is 0.778. The monoisotopic (exact) mass is 231 g/mol. The van der Waals surface area contributed by atoms with Crippen molar-refractivity contribution in [2.75, 3.05) is 12.0 Å². The molecule has 0 aliphatic rings.